The standard InChI is InChI=1S/C26H24BrNO2/c27-17-20-10-7-9-19(16-20)8-5-6-15-28-26(29)30-18-25-23-13-3-1-11-21(23)22-12-2-4-14-24(22)25/h1-5,7-14,16,25H,6,15,17-18H2,(H,28,29). The van der Waals surface area contributed by atoms with Gasteiger partial charge in [0.15, 0.2) is 0 Å². The van der Waals surface area contributed by atoms with Crippen LogP contribution in [-0.2, 0) is 10.1 Å². The van der Waals surface area contributed by atoms with Gasteiger partial charge in [-0.25, -0.2) is 4.79 Å². The molecule has 0 aliphatic heterocycles. The van der Waals surface area contributed by atoms with Crippen LogP contribution in [0.3, 0.4) is 0 Å². The summed E-state index contributed by atoms with van der Waals surface area (Å²) in [6, 6.07) is 25.0. The SMILES string of the molecule is O=C(NCCC=Cc1cccc(CBr)c1)OCC1c2ccccc2-c2ccccc21. The van der Waals surface area contributed by atoms with Gasteiger partial charge < -0.3 is 10.1 Å². The van der Waals surface area contributed by atoms with Gasteiger partial charge in [-0.05, 0) is 39.8 Å². The monoisotopic (exact) mass is 461 g/mol. The van der Waals surface area contributed by atoms with E-state index in [1.165, 1.54) is 27.8 Å². The first-order valence-corrected chi connectivity index (χ1v) is 11.3. The zero-order chi connectivity index (χ0) is 20.8. The van der Waals surface area contributed by atoms with Crippen molar-refractivity contribution in [1.82, 2.24) is 5.32 Å². The molecule has 30 heavy (non-hydrogen) atoms. The van der Waals surface area contributed by atoms with Crippen LogP contribution in [0, 0.1) is 0 Å². The Bertz CT molecular complexity index is 1010. The molecule has 0 aromatic heterocycles. The lowest BCUT2D eigenvalue weighted by atomic mass is 9.98. The minimum atomic E-state index is -0.369. The summed E-state index contributed by atoms with van der Waals surface area (Å²) in [5.74, 6) is 0.0877. The number of halogens is 1. The van der Waals surface area contributed by atoms with Crippen LogP contribution in [0.25, 0.3) is 17.2 Å². The molecule has 0 radical (unpaired) electrons. The minimum absolute atomic E-state index is 0.0877. The lowest BCUT2D eigenvalue weighted by Crippen LogP contribution is -2.26. The van der Waals surface area contributed by atoms with Crippen molar-refractivity contribution in [1.29, 1.82) is 0 Å². The largest absolute Gasteiger partial charge is 0.449 e. The van der Waals surface area contributed by atoms with Crippen LogP contribution in [-0.4, -0.2) is 19.2 Å². The Kier molecular flexibility index (Phi) is 6.65. The number of alkyl halides is 1. The van der Waals surface area contributed by atoms with Gasteiger partial charge in [0.1, 0.15) is 6.61 Å². The van der Waals surface area contributed by atoms with Crippen molar-refractivity contribution >= 4 is 28.1 Å². The summed E-state index contributed by atoms with van der Waals surface area (Å²) in [4.78, 5) is 12.2. The average Bonchev–Trinajstić information content (AvgIpc) is 3.11. The maximum atomic E-state index is 12.2. The first-order chi connectivity index (χ1) is 14.8. The van der Waals surface area contributed by atoms with Crippen molar-refractivity contribution in [3.05, 3.63) is 101 Å². The second-order valence-corrected chi connectivity index (χ2v) is 7.88. The number of amides is 1. The molecule has 0 saturated heterocycles. The number of carbonyl (C=O) groups excluding carboxylic acids is 1. The number of nitrogens with one attached hydrogen (secondary N) is 1. The number of fused-ring (bicyclic) bond motifs is 3. The van der Waals surface area contributed by atoms with Gasteiger partial charge in [-0.15, -0.1) is 0 Å². The summed E-state index contributed by atoms with van der Waals surface area (Å²) >= 11 is 3.47. The molecule has 1 amide bonds. The molecule has 3 aromatic carbocycles. The average molecular weight is 462 g/mol. The quantitative estimate of drug-likeness (QED) is 0.321. The zero-order valence-electron chi connectivity index (χ0n) is 16.7. The van der Waals surface area contributed by atoms with Gasteiger partial charge in [0.05, 0.1) is 0 Å². The first-order valence-electron chi connectivity index (χ1n) is 10.2. The molecule has 0 saturated carbocycles. The van der Waals surface area contributed by atoms with E-state index in [0.29, 0.717) is 13.2 Å². The second-order valence-electron chi connectivity index (χ2n) is 7.32. The van der Waals surface area contributed by atoms with Crippen molar-refractivity contribution < 1.29 is 9.53 Å². The van der Waals surface area contributed by atoms with Crippen LogP contribution in [0.4, 0.5) is 4.79 Å². The minimum Gasteiger partial charge on any atom is -0.449 e. The van der Waals surface area contributed by atoms with E-state index in [-0.39, 0.29) is 12.0 Å². The Morgan fingerprint density at radius 3 is 2.37 bits per heavy atom. The normalized spacial score (nSPS) is 12.6. The van der Waals surface area contributed by atoms with E-state index in [1.807, 2.05) is 18.2 Å². The fourth-order valence-corrected chi connectivity index (χ4v) is 4.26. The van der Waals surface area contributed by atoms with E-state index in [1.54, 1.807) is 0 Å². The number of rotatable bonds is 7. The first kappa shape index (κ1) is 20.4. The maximum absolute atomic E-state index is 12.2. The van der Waals surface area contributed by atoms with Gasteiger partial charge in [-0.1, -0.05) is 101 Å². The molecule has 4 heteroatoms. The van der Waals surface area contributed by atoms with Crippen LogP contribution in [0.1, 0.15) is 34.6 Å². The Balaban J connectivity index is 1.27. The van der Waals surface area contributed by atoms with Crippen molar-refractivity contribution in [2.75, 3.05) is 13.2 Å². The summed E-state index contributed by atoms with van der Waals surface area (Å²) in [6.07, 6.45) is 4.53. The molecule has 1 N–H and O–H groups in total. The fourth-order valence-electron chi connectivity index (χ4n) is 3.91. The number of hydrogen-bond donors (Lipinski definition) is 1. The molecule has 0 spiro atoms. The van der Waals surface area contributed by atoms with E-state index < -0.39 is 0 Å². The van der Waals surface area contributed by atoms with Crippen molar-refractivity contribution in [3.8, 4) is 11.1 Å². The summed E-state index contributed by atoms with van der Waals surface area (Å²) in [5, 5.41) is 3.69. The van der Waals surface area contributed by atoms with Gasteiger partial charge in [-0.3, -0.25) is 0 Å². The molecule has 3 aromatic rings. The maximum Gasteiger partial charge on any atom is 0.407 e. The highest BCUT2D eigenvalue weighted by Crippen LogP contribution is 2.44. The van der Waals surface area contributed by atoms with Gasteiger partial charge in [-0.2, -0.15) is 0 Å². The highest BCUT2D eigenvalue weighted by atomic mass is 79.9. The third-order valence-electron chi connectivity index (χ3n) is 5.34. The number of hydrogen-bond acceptors (Lipinski definition) is 2. The molecule has 0 heterocycles. The smallest absolute Gasteiger partial charge is 0.407 e. The van der Waals surface area contributed by atoms with Crippen LogP contribution in [0.15, 0.2) is 78.9 Å². The lowest BCUT2D eigenvalue weighted by Gasteiger charge is -2.14. The third-order valence-corrected chi connectivity index (χ3v) is 5.99. The molecule has 0 bridgehead atoms. The van der Waals surface area contributed by atoms with E-state index in [0.717, 1.165) is 17.3 Å². The molecule has 3 nitrogen and oxygen atoms in total. The van der Waals surface area contributed by atoms with Crippen LogP contribution in [0.2, 0.25) is 0 Å². The molecule has 1 aliphatic rings. The fraction of sp³-hybridized carbons (Fsp3) is 0.192. The number of alkyl carbamates (subject to hydrolysis) is 1. The Hall–Kier alpha value is -2.85. The van der Waals surface area contributed by atoms with Crippen LogP contribution in [0.5, 0.6) is 0 Å². The number of ether oxygens (including phenoxy) is 1. The Morgan fingerprint density at radius 2 is 1.67 bits per heavy atom. The van der Waals surface area contributed by atoms with E-state index >= 15 is 0 Å². The Morgan fingerprint density at radius 1 is 0.967 bits per heavy atom. The van der Waals surface area contributed by atoms with Gasteiger partial charge in [0.25, 0.3) is 0 Å². The van der Waals surface area contributed by atoms with E-state index in [2.05, 4.69) is 88.0 Å². The van der Waals surface area contributed by atoms with Gasteiger partial charge in [0.2, 0.25) is 0 Å². The van der Waals surface area contributed by atoms with Gasteiger partial charge in [0, 0.05) is 17.8 Å². The summed E-state index contributed by atoms with van der Waals surface area (Å²) in [7, 11) is 0. The summed E-state index contributed by atoms with van der Waals surface area (Å²) in [5.41, 5.74) is 7.31. The molecule has 0 unspecified atom stereocenters. The molecular formula is C26H24BrNO2. The zero-order valence-corrected chi connectivity index (χ0v) is 18.3. The molecule has 4 rings (SSSR count). The van der Waals surface area contributed by atoms with Crippen LogP contribution >= 0.6 is 15.9 Å². The van der Waals surface area contributed by atoms with E-state index in [9.17, 15) is 4.79 Å². The van der Waals surface area contributed by atoms with Crippen LogP contribution < -0.4 is 5.32 Å². The third kappa shape index (κ3) is 4.65. The topological polar surface area (TPSA) is 38.3 Å². The molecule has 0 atom stereocenters. The molecule has 1 aliphatic carbocycles. The highest BCUT2D eigenvalue weighted by Gasteiger charge is 2.28. The number of carbonyl (C=O) groups is 1. The van der Waals surface area contributed by atoms with Gasteiger partial charge >= 0.3 is 6.09 Å². The molecule has 0 fully saturated rings. The van der Waals surface area contributed by atoms with Crippen molar-refractivity contribution in [2.45, 2.75) is 17.7 Å². The van der Waals surface area contributed by atoms with Crippen molar-refractivity contribution in [2.24, 2.45) is 0 Å². The highest BCUT2D eigenvalue weighted by molar-refractivity contribution is 9.08. The predicted molar refractivity (Wildman–Crippen MR) is 126 cm³/mol. The Labute approximate surface area is 185 Å². The number of benzene rings is 3. The summed E-state index contributed by atoms with van der Waals surface area (Å²) < 4.78 is 5.56. The predicted octanol–water partition coefficient (Wildman–Crippen LogP) is 6.52. The van der Waals surface area contributed by atoms with Crippen molar-refractivity contribution in [3.63, 3.8) is 0 Å². The second kappa shape index (κ2) is 9.77. The summed E-state index contributed by atoms with van der Waals surface area (Å²) in [6.45, 7) is 0.889. The lowest BCUT2D eigenvalue weighted by molar-refractivity contribution is 0.143. The molecular weight excluding hydrogens is 438 g/mol. The van der Waals surface area contributed by atoms with E-state index in [4.69, 9.17) is 4.74 Å². The molecule has 152 valence electrons.